The van der Waals surface area contributed by atoms with Crippen LogP contribution in [-0.4, -0.2) is 46.8 Å². The molecule has 2 rings (SSSR count). The molecule has 1 aliphatic carbocycles. The summed E-state index contributed by atoms with van der Waals surface area (Å²) in [6, 6.07) is 0.522. The van der Waals surface area contributed by atoms with Gasteiger partial charge in [0.25, 0.3) is 0 Å². The second-order valence-electron chi connectivity index (χ2n) is 5.90. The van der Waals surface area contributed by atoms with Crippen LogP contribution in [0.3, 0.4) is 0 Å². The first-order valence-electron chi connectivity index (χ1n) is 7.00. The number of nitrogens with zero attached hydrogens (tertiary/aromatic N) is 2. The van der Waals surface area contributed by atoms with Crippen LogP contribution < -0.4 is 5.73 Å². The van der Waals surface area contributed by atoms with E-state index in [2.05, 4.69) is 10.1 Å². The van der Waals surface area contributed by atoms with Crippen LogP contribution in [-0.2, 0) is 0 Å². The molecule has 4 N–H and O–H groups in total. The van der Waals surface area contributed by atoms with Crippen molar-refractivity contribution < 1.29 is 10.3 Å². The number of amidine groups is 1. The minimum Gasteiger partial charge on any atom is -0.409 e. The molecule has 0 spiro atoms. The zero-order valence-electron chi connectivity index (χ0n) is 11.0. The third-order valence-corrected chi connectivity index (χ3v) is 4.39. The first-order valence-corrected chi connectivity index (χ1v) is 7.00. The monoisotopic (exact) mass is 255 g/mol. The van der Waals surface area contributed by atoms with Crippen molar-refractivity contribution in [2.24, 2.45) is 16.3 Å². The summed E-state index contributed by atoms with van der Waals surface area (Å²) < 4.78 is 0. The Labute approximate surface area is 109 Å². The van der Waals surface area contributed by atoms with Gasteiger partial charge in [-0.25, -0.2) is 0 Å². The van der Waals surface area contributed by atoms with Crippen LogP contribution in [0.1, 0.15) is 44.9 Å². The van der Waals surface area contributed by atoms with E-state index in [1.165, 1.54) is 32.1 Å². The van der Waals surface area contributed by atoms with Crippen LogP contribution in [0.5, 0.6) is 0 Å². The lowest BCUT2D eigenvalue weighted by Gasteiger charge is -2.38. The molecule has 2 aliphatic rings. The molecule has 1 aliphatic heterocycles. The fraction of sp³-hybridized carbons (Fsp3) is 0.923. The molecule has 1 atom stereocenters. The van der Waals surface area contributed by atoms with Gasteiger partial charge in [-0.2, -0.15) is 0 Å². The molecule has 1 saturated heterocycles. The summed E-state index contributed by atoms with van der Waals surface area (Å²) in [6.45, 7) is 2.44. The SMILES string of the molecule is NC(CC1(CN2CCCCC2CCO)CC1)=NO. The molecule has 1 saturated carbocycles. The van der Waals surface area contributed by atoms with Crippen molar-refractivity contribution in [2.45, 2.75) is 51.0 Å². The number of hydrogen-bond acceptors (Lipinski definition) is 4. The van der Waals surface area contributed by atoms with Gasteiger partial charge >= 0.3 is 0 Å². The zero-order chi connectivity index (χ0) is 13.0. The number of hydrogen-bond donors (Lipinski definition) is 3. The normalized spacial score (nSPS) is 28.3. The van der Waals surface area contributed by atoms with E-state index in [0.29, 0.717) is 18.3 Å². The quantitative estimate of drug-likeness (QED) is 0.288. The highest BCUT2D eigenvalue weighted by Crippen LogP contribution is 2.50. The summed E-state index contributed by atoms with van der Waals surface area (Å²) in [5.41, 5.74) is 5.88. The summed E-state index contributed by atoms with van der Waals surface area (Å²) in [4.78, 5) is 2.51. The minimum atomic E-state index is 0.237. The van der Waals surface area contributed by atoms with Crippen LogP contribution >= 0.6 is 0 Å². The summed E-state index contributed by atoms with van der Waals surface area (Å²) in [5, 5.41) is 20.9. The molecule has 0 amide bonds. The van der Waals surface area contributed by atoms with E-state index in [1.807, 2.05) is 0 Å². The first-order chi connectivity index (χ1) is 8.69. The fourth-order valence-electron chi connectivity index (χ4n) is 3.16. The van der Waals surface area contributed by atoms with E-state index in [-0.39, 0.29) is 12.0 Å². The van der Waals surface area contributed by atoms with Crippen LogP contribution in [0.4, 0.5) is 0 Å². The predicted molar refractivity (Wildman–Crippen MR) is 70.6 cm³/mol. The molecule has 0 bridgehead atoms. The molecular weight excluding hydrogens is 230 g/mol. The van der Waals surface area contributed by atoms with Crippen LogP contribution in [0, 0.1) is 5.41 Å². The van der Waals surface area contributed by atoms with E-state index in [0.717, 1.165) is 19.5 Å². The maximum atomic E-state index is 9.13. The van der Waals surface area contributed by atoms with Gasteiger partial charge in [0.05, 0.1) is 0 Å². The van der Waals surface area contributed by atoms with E-state index in [9.17, 15) is 0 Å². The average molecular weight is 255 g/mol. The number of nitrogens with two attached hydrogens (primary N) is 1. The van der Waals surface area contributed by atoms with Gasteiger partial charge in [-0.3, -0.25) is 4.90 Å². The lowest BCUT2D eigenvalue weighted by atomic mass is 9.94. The van der Waals surface area contributed by atoms with Gasteiger partial charge in [0.15, 0.2) is 0 Å². The van der Waals surface area contributed by atoms with Crippen molar-refractivity contribution in [3.63, 3.8) is 0 Å². The molecule has 1 unspecified atom stereocenters. The lowest BCUT2D eigenvalue weighted by Crippen LogP contribution is -2.44. The topological polar surface area (TPSA) is 82.1 Å². The first kappa shape index (κ1) is 13.6. The largest absolute Gasteiger partial charge is 0.409 e. The molecule has 5 heteroatoms. The van der Waals surface area contributed by atoms with E-state index in [4.69, 9.17) is 16.0 Å². The molecule has 1 heterocycles. The number of oxime groups is 1. The van der Waals surface area contributed by atoms with Crippen molar-refractivity contribution in [1.29, 1.82) is 0 Å². The highest BCUT2D eigenvalue weighted by molar-refractivity contribution is 5.80. The van der Waals surface area contributed by atoms with Crippen LogP contribution in [0.15, 0.2) is 5.16 Å². The van der Waals surface area contributed by atoms with Gasteiger partial charge in [-0.15, -0.1) is 0 Å². The van der Waals surface area contributed by atoms with E-state index in [1.54, 1.807) is 0 Å². The Kier molecular flexibility index (Phi) is 4.45. The number of rotatable bonds is 6. The summed E-state index contributed by atoms with van der Waals surface area (Å²) in [6.07, 6.45) is 7.64. The maximum absolute atomic E-state index is 9.13. The Morgan fingerprint density at radius 2 is 2.17 bits per heavy atom. The summed E-state index contributed by atoms with van der Waals surface area (Å²) in [5.74, 6) is 0.350. The number of piperidine rings is 1. The van der Waals surface area contributed by atoms with Crippen LogP contribution in [0.2, 0.25) is 0 Å². The Morgan fingerprint density at radius 3 is 2.78 bits per heavy atom. The number of aliphatic hydroxyl groups excluding tert-OH is 1. The van der Waals surface area contributed by atoms with Crippen molar-refractivity contribution in [1.82, 2.24) is 4.90 Å². The molecule has 0 aromatic heterocycles. The molecule has 0 aromatic rings. The second kappa shape index (κ2) is 5.89. The molecular formula is C13H25N3O2. The summed E-state index contributed by atoms with van der Waals surface area (Å²) >= 11 is 0. The Hall–Kier alpha value is -0.810. The molecule has 0 aromatic carbocycles. The predicted octanol–water partition coefficient (Wildman–Crippen LogP) is 1.14. The number of aliphatic hydroxyl groups is 1. The highest BCUT2D eigenvalue weighted by atomic mass is 16.4. The van der Waals surface area contributed by atoms with Crippen molar-refractivity contribution in [3.05, 3.63) is 0 Å². The van der Waals surface area contributed by atoms with Gasteiger partial charge in [0.2, 0.25) is 0 Å². The van der Waals surface area contributed by atoms with Crippen LogP contribution in [0.25, 0.3) is 0 Å². The second-order valence-corrected chi connectivity index (χ2v) is 5.90. The lowest BCUT2D eigenvalue weighted by molar-refractivity contribution is 0.0972. The minimum absolute atomic E-state index is 0.237. The fourth-order valence-corrected chi connectivity index (χ4v) is 3.16. The van der Waals surface area contributed by atoms with Gasteiger partial charge in [0, 0.05) is 25.6 Å². The zero-order valence-corrected chi connectivity index (χ0v) is 11.0. The Balaban J connectivity index is 1.90. The van der Waals surface area contributed by atoms with Crippen molar-refractivity contribution in [3.8, 4) is 0 Å². The van der Waals surface area contributed by atoms with Crippen molar-refractivity contribution >= 4 is 5.84 Å². The average Bonchev–Trinajstić information content (AvgIpc) is 3.11. The van der Waals surface area contributed by atoms with Crippen molar-refractivity contribution in [2.75, 3.05) is 19.7 Å². The smallest absolute Gasteiger partial charge is 0.139 e. The molecule has 0 radical (unpaired) electrons. The van der Waals surface area contributed by atoms with Gasteiger partial charge in [0.1, 0.15) is 5.84 Å². The standard InChI is InChI=1S/C13H25N3O2/c14-12(15-18)9-13(5-6-13)10-16-7-2-1-3-11(16)4-8-17/h11,17-18H,1-10H2,(H2,14,15). The van der Waals surface area contributed by atoms with E-state index < -0.39 is 0 Å². The maximum Gasteiger partial charge on any atom is 0.139 e. The third-order valence-electron chi connectivity index (χ3n) is 4.39. The molecule has 18 heavy (non-hydrogen) atoms. The third kappa shape index (κ3) is 3.36. The van der Waals surface area contributed by atoms with Gasteiger partial charge in [-0.1, -0.05) is 11.6 Å². The molecule has 2 fully saturated rings. The molecule has 104 valence electrons. The Bertz CT molecular complexity index is 301. The molecule has 5 nitrogen and oxygen atoms in total. The van der Waals surface area contributed by atoms with E-state index >= 15 is 0 Å². The van der Waals surface area contributed by atoms with Gasteiger partial charge < -0.3 is 16.0 Å². The highest BCUT2D eigenvalue weighted by Gasteiger charge is 2.45. The summed E-state index contributed by atoms with van der Waals surface area (Å²) in [7, 11) is 0. The number of likely N-dealkylation sites (tertiary alicyclic amines) is 1. The Morgan fingerprint density at radius 1 is 1.39 bits per heavy atom. The van der Waals surface area contributed by atoms with Gasteiger partial charge in [-0.05, 0) is 44.1 Å².